The van der Waals surface area contributed by atoms with Crippen molar-refractivity contribution in [3.8, 4) is 0 Å². The number of nitrogens with one attached hydrogen (secondary N) is 1. The average Bonchev–Trinajstić information content (AvgIpc) is 2.82. The molecule has 2 aliphatic rings. The quantitative estimate of drug-likeness (QED) is 0.871. The summed E-state index contributed by atoms with van der Waals surface area (Å²) in [6.07, 6.45) is 3.75. The summed E-state index contributed by atoms with van der Waals surface area (Å²) < 4.78 is 4.78. The lowest BCUT2D eigenvalue weighted by atomic mass is 10.1. The normalized spacial score (nSPS) is 25.6. The van der Waals surface area contributed by atoms with Crippen molar-refractivity contribution in [1.29, 1.82) is 0 Å². The van der Waals surface area contributed by atoms with E-state index in [9.17, 15) is 4.79 Å². The number of benzene rings is 1. The molecule has 1 N–H and O–H groups in total. The lowest BCUT2D eigenvalue weighted by Gasteiger charge is -2.24. The molecule has 2 heterocycles. The number of halogens is 1. The molecule has 0 amide bonds. The van der Waals surface area contributed by atoms with Gasteiger partial charge in [-0.05, 0) is 43.0 Å². The van der Waals surface area contributed by atoms with Crippen LogP contribution in [0.15, 0.2) is 18.2 Å². The van der Waals surface area contributed by atoms with Gasteiger partial charge in [-0.25, -0.2) is 4.79 Å². The van der Waals surface area contributed by atoms with Crippen LogP contribution in [0, 0.1) is 0 Å². The zero-order valence-corrected chi connectivity index (χ0v) is 13.0. The summed E-state index contributed by atoms with van der Waals surface area (Å²) in [6.45, 7) is 2.91. The van der Waals surface area contributed by atoms with E-state index in [2.05, 4.69) is 10.2 Å². The standard InChI is InChI=1S/C16H21ClN2O2/c1-21-16(20)11-2-5-15(17)12(8-11)9-19-7-6-13-3-4-14(10-19)18-13/h2,5,8,13-14,18H,3-4,6-7,9-10H2,1H3. The van der Waals surface area contributed by atoms with Crippen molar-refractivity contribution in [2.75, 3.05) is 20.2 Å². The highest BCUT2D eigenvalue weighted by Crippen LogP contribution is 2.24. The molecule has 0 spiro atoms. The van der Waals surface area contributed by atoms with Gasteiger partial charge >= 0.3 is 5.97 Å². The molecule has 0 aliphatic carbocycles. The van der Waals surface area contributed by atoms with Crippen LogP contribution in [0.25, 0.3) is 0 Å². The monoisotopic (exact) mass is 308 g/mol. The van der Waals surface area contributed by atoms with E-state index < -0.39 is 0 Å². The summed E-state index contributed by atoms with van der Waals surface area (Å²) >= 11 is 6.29. The first-order chi connectivity index (χ1) is 10.2. The van der Waals surface area contributed by atoms with Gasteiger partial charge in [0.15, 0.2) is 0 Å². The fraction of sp³-hybridized carbons (Fsp3) is 0.562. The molecule has 3 rings (SSSR count). The maximum atomic E-state index is 11.6. The summed E-state index contributed by atoms with van der Waals surface area (Å²) in [7, 11) is 1.40. The molecule has 1 aromatic rings. The maximum absolute atomic E-state index is 11.6. The van der Waals surface area contributed by atoms with Gasteiger partial charge in [0.05, 0.1) is 12.7 Å². The highest BCUT2D eigenvalue weighted by molar-refractivity contribution is 6.31. The zero-order valence-electron chi connectivity index (χ0n) is 12.3. The van der Waals surface area contributed by atoms with Crippen LogP contribution in [-0.2, 0) is 11.3 Å². The molecule has 0 aromatic heterocycles. The Hall–Kier alpha value is -1.10. The second-order valence-electron chi connectivity index (χ2n) is 5.96. The van der Waals surface area contributed by atoms with Crippen LogP contribution >= 0.6 is 11.6 Å². The topological polar surface area (TPSA) is 41.6 Å². The molecule has 2 atom stereocenters. The second kappa shape index (κ2) is 6.34. The van der Waals surface area contributed by atoms with E-state index in [0.29, 0.717) is 22.7 Å². The zero-order chi connectivity index (χ0) is 14.8. The third-order valence-corrected chi connectivity index (χ3v) is 4.84. The number of carbonyl (C=O) groups excluding carboxylic acids is 1. The van der Waals surface area contributed by atoms with Crippen LogP contribution in [0.4, 0.5) is 0 Å². The van der Waals surface area contributed by atoms with E-state index in [1.165, 1.54) is 26.4 Å². The molecule has 2 saturated heterocycles. The number of likely N-dealkylation sites (tertiary alicyclic amines) is 1. The van der Waals surface area contributed by atoms with Crippen molar-refractivity contribution in [1.82, 2.24) is 10.2 Å². The molecule has 2 fully saturated rings. The third-order valence-electron chi connectivity index (χ3n) is 4.47. The number of hydrogen-bond acceptors (Lipinski definition) is 4. The number of carbonyl (C=O) groups is 1. The fourth-order valence-electron chi connectivity index (χ4n) is 3.34. The van der Waals surface area contributed by atoms with Gasteiger partial charge in [0.2, 0.25) is 0 Å². The van der Waals surface area contributed by atoms with Crippen LogP contribution in [0.2, 0.25) is 5.02 Å². The van der Waals surface area contributed by atoms with E-state index >= 15 is 0 Å². The van der Waals surface area contributed by atoms with Gasteiger partial charge in [0.1, 0.15) is 0 Å². The van der Waals surface area contributed by atoms with Crippen LogP contribution in [0.5, 0.6) is 0 Å². The van der Waals surface area contributed by atoms with E-state index in [4.69, 9.17) is 16.3 Å². The van der Waals surface area contributed by atoms with E-state index in [-0.39, 0.29) is 5.97 Å². The minimum Gasteiger partial charge on any atom is -0.465 e. The number of rotatable bonds is 3. The lowest BCUT2D eigenvalue weighted by Crippen LogP contribution is -2.35. The highest BCUT2D eigenvalue weighted by Gasteiger charge is 2.29. The van der Waals surface area contributed by atoms with Crippen molar-refractivity contribution < 1.29 is 9.53 Å². The summed E-state index contributed by atoms with van der Waals surface area (Å²) in [6, 6.07) is 6.62. The second-order valence-corrected chi connectivity index (χ2v) is 6.37. The number of ether oxygens (including phenoxy) is 1. The Balaban J connectivity index is 1.73. The molecule has 1 aromatic carbocycles. The van der Waals surface area contributed by atoms with Crippen molar-refractivity contribution in [3.63, 3.8) is 0 Å². The van der Waals surface area contributed by atoms with Crippen molar-refractivity contribution >= 4 is 17.6 Å². The Morgan fingerprint density at radius 2 is 2.19 bits per heavy atom. The Bertz CT molecular complexity index is 535. The maximum Gasteiger partial charge on any atom is 0.337 e. The molecule has 21 heavy (non-hydrogen) atoms. The van der Waals surface area contributed by atoms with Crippen LogP contribution in [-0.4, -0.2) is 43.2 Å². The van der Waals surface area contributed by atoms with Gasteiger partial charge in [-0.3, -0.25) is 4.90 Å². The molecular formula is C16H21ClN2O2. The fourth-order valence-corrected chi connectivity index (χ4v) is 3.52. The molecule has 2 unspecified atom stereocenters. The van der Waals surface area contributed by atoms with Gasteiger partial charge in [-0.1, -0.05) is 11.6 Å². The van der Waals surface area contributed by atoms with E-state index in [1.54, 1.807) is 12.1 Å². The van der Waals surface area contributed by atoms with Gasteiger partial charge in [-0.2, -0.15) is 0 Å². The Morgan fingerprint density at radius 1 is 1.38 bits per heavy atom. The first-order valence-corrected chi connectivity index (χ1v) is 7.88. The molecule has 114 valence electrons. The largest absolute Gasteiger partial charge is 0.465 e. The SMILES string of the molecule is COC(=O)c1ccc(Cl)c(CN2CCC3CCC(C2)N3)c1. The molecule has 0 saturated carbocycles. The summed E-state index contributed by atoms with van der Waals surface area (Å²) in [5.74, 6) is -0.315. The minimum absolute atomic E-state index is 0.315. The highest BCUT2D eigenvalue weighted by atomic mass is 35.5. The minimum atomic E-state index is -0.315. The van der Waals surface area contributed by atoms with Gasteiger partial charge in [0, 0.05) is 36.7 Å². The lowest BCUT2D eigenvalue weighted by molar-refractivity contribution is 0.0600. The molecule has 2 bridgehead atoms. The number of hydrogen-bond donors (Lipinski definition) is 1. The van der Waals surface area contributed by atoms with Crippen LogP contribution in [0.1, 0.15) is 35.2 Å². The number of esters is 1. The van der Waals surface area contributed by atoms with E-state index in [1.807, 2.05) is 6.07 Å². The average molecular weight is 309 g/mol. The first-order valence-electron chi connectivity index (χ1n) is 7.51. The Labute approximate surface area is 130 Å². The number of fused-ring (bicyclic) bond motifs is 2. The predicted octanol–water partition coefficient (Wildman–Crippen LogP) is 2.45. The third kappa shape index (κ3) is 3.39. The summed E-state index contributed by atoms with van der Waals surface area (Å²) in [5.41, 5.74) is 1.56. The summed E-state index contributed by atoms with van der Waals surface area (Å²) in [5, 5.41) is 4.39. The molecule has 0 radical (unpaired) electrons. The van der Waals surface area contributed by atoms with Crippen LogP contribution in [0.3, 0.4) is 0 Å². The Kier molecular flexibility index (Phi) is 4.48. The molecule has 2 aliphatic heterocycles. The van der Waals surface area contributed by atoms with Gasteiger partial charge in [-0.15, -0.1) is 0 Å². The number of nitrogens with zero attached hydrogens (tertiary/aromatic N) is 1. The Morgan fingerprint density at radius 3 is 3.00 bits per heavy atom. The van der Waals surface area contributed by atoms with Crippen molar-refractivity contribution in [2.45, 2.75) is 37.9 Å². The van der Waals surface area contributed by atoms with E-state index in [0.717, 1.165) is 25.2 Å². The molecular weight excluding hydrogens is 288 g/mol. The van der Waals surface area contributed by atoms with Gasteiger partial charge in [0.25, 0.3) is 0 Å². The molecule has 4 nitrogen and oxygen atoms in total. The smallest absolute Gasteiger partial charge is 0.337 e. The molecule has 5 heteroatoms. The first kappa shape index (κ1) is 14.8. The predicted molar refractivity (Wildman–Crippen MR) is 82.6 cm³/mol. The van der Waals surface area contributed by atoms with Crippen molar-refractivity contribution in [2.24, 2.45) is 0 Å². The summed E-state index contributed by atoms with van der Waals surface area (Å²) in [4.78, 5) is 14.1. The number of methoxy groups -OCH3 is 1. The van der Waals surface area contributed by atoms with Crippen LogP contribution < -0.4 is 5.32 Å². The van der Waals surface area contributed by atoms with Crippen molar-refractivity contribution in [3.05, 3.63) is 34.3 Å². The van der Waals surface area contributed by atoms with Gasteiger partial charge < -0.3 is 10.1 Å².